The molecule has 0 aliphatic rings. The first-order valence-electron chi connectivity index (χ1n) is 5.15. The van der Waals surface area contributed by atoms with Crippen molar-refractivity contribution in [2.75, 3.05) is 27.2 Å². The van der Waals surface area contributed by atoms with Crippen LogP contribution in [0, 0.1) is 11.3 Å². The van der Waals surface area contributed by atoms with Crippen LogP contribution >= 0.6 is 0 Å². The highest BCUT2D eigenvalue weighted by molar-refractivity contribution is 5.78. The summed E-state index contributed by atoms with van der Waals surface area (Å²) in [6.07, 6.45) is 0. The molecule has 1 atom stereocenters. The Balaban J connectivity index is 3.85. The van der Waals surface area contributed by atoms with Gasteiger partial charge < -0.3 is 10.2 Å². The van der Waals surface area contributed by atoms with Gasteiger partial charge in [-0.05, 0) is 19.5 Å². The summed E-state index contributed by atoms with van der Waals surface area (Å²) in [6.45, 7) is 9.84. The van der Waals surface area contributed by atoms with Crippen molar-refractivity contribution in [2.45, 2.75) is 27.7 Å². The van der Waals surface area contributed by atoms with E-state index in [9.17, 15) is 4.79 Å². The largest absolute Gasteiger partial charge is 0.355 e. The normalized spacial score (nSPS) is 14.2. The van der Waals surface area contributed by atoms with Crippen molar-refractivity contribution in [3.8, 4) is 0 Å². The van der Waals surface area contributed by atoms with Crippen LogP contribution in [-0.2, 0) is 4.79 Å². The van der Waals surface area contributed by atoms with Crippen LogP contribution in [0.25, 0.3) is 0 Å². The molecule has 1 N–H and O–H groups in total. The van der Waals surface area contributed by atoms with E-state index in [4.69, 9.17) is 0 Å². The summed E-state index contributed by atoms with van der Waals surface area (Å²) in [5, 5.41) is 2.96. The molecule has 0 aliphatic carbocycles. The fourth-order valence-corrected chi connectivity index (χ4v) is 1.16. The molecule has 0 aromatic carbocycles. The Labute approximate surface area is 87.9 Å². The third kappa shape index (κ3) is 6.89. The number of hydrogen-bond acceptors (Lipinski definition) is 2. The number of nitrogens with zero attached hydrogens (tertiary/aromatic N) is 1. The Morgan fingerprint density at radius 3 is 2.21 bits per heavy atom. The maximum Gasteiger partial charge on any atom is 0.224 e. The molecule has 84 valence electrons. The SMILES string of the molecule is CC(CN(C)C)C(=O)NCC(C)(C)C. The number of rotatable bonds is 4. The van der Waals surface area contributed by atoms with Crippen LogP contribution in [0.15, 0.2) is 0 Å². The molecule has 3 nitrogen and oxygen atoms in total. The van der Waals surface area contributed by atoms with Crippen molar-refractivity contribution in [3.05, 3.63) is 0 Å². The highest BCUT2D eigenvalue weighted by Crippen LogP contribution is 2.10. The lowest BCUT2D eigenvalue weighted by Crippen LogP contribution is -2.38. The second kappa shape index (κ2) is 5.35. The molecular weight excluding hydrogens is 176 g/mol. The van der Waals surface area contributed by atoms with E-state index in [0.717, 1.165) is 13.1 Å². The Bertz CT molecular complexity index is 182. The van der Waals surface area contributed by atoms with Gasteiger partial charge in [-0.25, -0.2) is 0 Å². The summed E-state index contributed by atoms with van der Waals surface area (Å²) in [5.74, 6) is 0.209. The summed E-state index contributed by atoms with van der Waals surface area (Å²) in [5.41, 5.74) is 0.160. The van der Waals surface area contributed by atoms with Gasteiger partial charge in [0.25, 0.3) is 0 Å². The molecule has 3 heteroatoms. The minimum absolute atomic E-state index is 0.0624. The molecule has 0 rings (SSSR count). The number of nitrogens with one attached hydrogen (secondary N) is 1. The van der Waals surface area contributed by atoms with Gasteiger partial charge in [0.05, 0.1) is 0 Å². The number of carbonyl (C=O) groups excluding carboxylic acids is 1. The summed E-state index contributed by atoms with van der Waals surface area (Å²) in [7, 11) is 3.96. The molecule has 0 saturated carbocycles. The van der Waals surface area contributed by atoms with E-state index in [2.05, 4.69) is 26.1 Å². The number of amides is 1. The Hall–Kier alpha value is -0.570. The van der Waals surface area contributed by atoms with Gasteiger partial charge in [-0.1, -0.05) is 27.7 Å². The van der Waals surface area contributed by atoms with Gasteiger partial charge in [-0.15, -0.1) is 0 Å². The van der Waals surface area contributed by atoms with Gasteiger partial charge in [0.2, 0.25) is 5.91 Å². The van der Waals surface area contributed by atoms with Crippen LogP contribution < -0.4 is 5.32 Å². The third-order valence-corrected chi connectivity index (χ3v) is 1.88. The topological polar surface area (TPSA) is 32.3 Å². The van der Waals surface area contributed by atoms with E-state index in [-0.39, 0.29) is 17.2 Å². The van der Waals surface area contributed by atoms with Crippen LogP contribution in [0.4, 0.5) is 0 Å². The maximum atomic E-state index is 11.6. The van der Waals surface area contributed by atoms with Crippen LogP contribution in [-0.4, -0.2) is 38.0 Å². The quantitative estimate of drug-likeness (QED) is 0.743. The first-order valence-corrected chi connectivity index (χ1v) is 5.15. The van der Waals surface area contributed by atoms with E-state index in [1.54, 1.807) is 0 Å². The average Bonchev–Trinajstić information content (AvgIpc) is 1.97. The van der Waals surface area contributed by atoms with Crippen molar-refractivity contribution < 1.29 is 4.79 Å². The average molecular weight is 200 g/mol. The zero-order valence-corrected chi connectivity index (χ0v) is 10.3. The number of hydrogen-bond donors (Lipinski definition) is 1. The summed E-state index contributed by atoms with van der Waals surface area (Å²) < 4.78 is 0. The van der Waals surface area contributed by atoms with Gasteiger partial charge in [0.15, 0.2) is 0 Å². The minimum Gasteiger partial charge on any atom is -0.355 e. The van der Waals surface area contributed by atoms with Crippen LogP contribution in [0.5, 0.6) is 0 Å². The standard InChI is InChI=1S/C11H24N2O/c1-9(7-13(5)6)10(14)12-8-11(2,3)4/h9H,7-8H2,1-6H3,(H,12,14). The van der Waals surface area contributed by atoms with E-state index >= 15 is 0 Å². The fraction of sp³-hybridized carbons (Fsp3) is 0.909. The molecule has 0 aliphatic heterocycles. The van der Waals surface area contributed by atoms with Gasteiger partial charge >= 0.3 is 0 Å². The highest BCUT2D eigenvalue weighted by atomic mass is 16.1. The van der Waals surface area contributed by atoms with Crippen LogP contribution in [0.2, 0.25) is 0 Å². The Morgan fingerprint density at radius 1 is 1.36 bits per heavy atom. The van der Waals surface area contributed by atoms with Crippen molar-refractivity contribution in [1.29, 1.82) is 0 Å². The molecular formula is C11H24N2O. The lowest BCUT2D eigenvalue weighted by molar-refractivity contribution is -0.125. The Morgan fingerprint density at radius 2 is 1.86 bits per heavy atom. The highest BCUT2D eigenvalue weighted by Gasteiger charge is 2.16. The van der Waals surface area contributed by atoms with Crippen molar-refractivity contribution >= 4 is 5.91 Å². The molecule has 0 aromatic heterocycles. The van der Waals surface area contributed by atoms with Crippen LogP contribution in [0.3, 0.4) is 0 Å². The molecule has 0 saturated heterocycles. The predicted octanol–water partition coefficient (Wildman–Crippen LogP) is 1.35. The molecule has 0 aromatic rings. The maximum absolute atomic E-state index is 11.6. The first kappa shape index (κ1) is 13.4. The fourth-order valence-electron chi connectivity index (χ4n) is 1.16. The first-order chi connectivity index (χ1) is 6.22. The van der Waals surface area contributed by atoms with Gasteiger partial charge in [0, 0.05) is 19.0 Å². The monoisotopic (exact) mass is 200 g/mol. The van der Waals surface area contributed by atoms with E-state index in [1.165, 1.54) is 0 Å². The van der Waals surface area contributed by atoms with Crippen molar-refractivity contribution in [3.63, 3.8) is 0 Å². The lowest BCUT2D eigenvalue weighted by atomic mass is 9.96. The Kier molecular flexibility index (Phi) is 5.13. The second-order valence-corrected chi connectivity index (χ2v) is 5.44. The number of carbonyl (C=O) groups is 1. The molecule has 0 radical (unpaired) electrons. The van der Waals surface area contributed by atoms with Crippen LogP contribution in [0.1, 0.15) is 27.7 Å². The smallest absolute Gasteiger partial charge is 0.224 e. The molecule has 0 heterocycles. The molecule has 1 amide bonds. The summed E-state index contributed by atoms with van der Waals surface area (Å²) >= 11 is 0. The molecule has 0 bridgehead atoms. The molecule has 14 heavy (non-hydrogen) atoms. The predicted molar refractivity (Wildman–Crippen MR) is 60.2 cm³/mol. The summed E-state index contributed by atoms with van der Waals surface area (Å²) in [6, 6.07) is 0. The zero-order chi connectivity index (χ0) is 11.4. The zero-order valence-electron chi connectivity index (χ0n) is 10.3. The van der Waals surface area contributed by atoms with Gasteiger partial charge in [0.1, 0.15) is 0 Å². The molecule has 0 fully saturated rings. The summed E-state index contributed by atoms with van der Waals surface area (Å²) in [4.78, 5) is 13.6. The lowest BCUT2D eigenvalue weighted by Gasteiger charge is -2.21. The van der Waals surface area contributed by atoms with Gasteiger partial charge in [-0.3, -0.25) is 4.79 Å². The third-order valence-electron chi connectivity index (χ3n) is 1.88. The molecule has 0 spiro atoms. The molecule has 1 unspecified atom stereocenters. The van der Waals surface area contributed by atoms with Gasteiger partial charge in [-0.2, -0.15) is 0 Å². The van der Waals surface area contributed by atoms with Crippen molar-refractivity contribution in [1.82, 2.24) is 10.2 Å². The second-order valence-electron chi connectivity index (χ2n) is 5.44. The van der Waals surface area contributed by atoms with E-state index in [1.807, 2.05) is 25.9 Å². The van der Waals surface area contributed by atoms with E-state index < -0.39 is 0 Å². The van der Waals surface area contributed by atoms with Crippen molar-refractivity contribution in [2.24, 2.45) is 11.3 Å². The van der Waals surface area contributed by atoms with E-state index in [0.29, 0.717) is 0 Å². The minimum atomic E-state index is 0.0624.